The van der Waals surface area contributed by atoms with Gasteiger partial charge in [0.25, 0.3) is 0 Å². The Balaban J connectivity index is 4.07. The van der Waals surface area contributed by atoms with Crippen LogP contribution in [0.1, 0.15) is 117 Å². The number of ether oxygens (including phenoxy) is 2. The van der Waals surface area contributed by atoms with E-state index in [0.29, 0.717) is 17.4 Å². The molecule has 0 radical (unpaired) electrons. The molecule has 42 heavy (non-hydrogen) atoms. The highest BCUT2D eigenvalue weighted by Crippen LogP contribution is 2.43. The molecule has 1 N–H and O–H groups in total. The summed E-state index contributed by atoms with van der Waals surface area (Å²) in [7, 11) is 1.46. The number of quaternary nitrogens is 1. The SMILES string of the molecule is CCCCCC/C=C\C/C=C\CCCCCCCCCC(=O)OC(COC(=O)CC)COP(=O)(O)OCC[N+](C)(C)C. The fourth-order valence-corrected chi connectivity index (χ4v) is 4.65. The van der Waals surface area contributed by atoms with Crippen molar-refractivity contribution in [3.05, 3.63) is 24.3 Å². The lowest BCUT2D eigenvalue weighted by atomic mass is 10.1. The van der Waals surface area contributed by atoms with Gasteiger partial charge in [0.15, 0.2) is 6.10 Å². The summed E-state index contributed by atoms with van der Waals surface area (Å²) in [4.78, 5) is 33.8. The zero-order chi connectivity index (χ0) is 31.5. The first kappa shape index (κ1) is 40.5. The van der Waals surface area contributed by atoms with E-state index in [0.717, 1.165) is 32.1 Å². The van der Waals surface area contributed by atoms with E-state index in [1.54, 1.807) is 6.92 Å². The topological polar surface area (TPSA) is 108 Å². The second kappa shape index (κ2) is 25.9. The molecule has 0 fully saturated rings. The summed E-state index contributed by atoms with van der Waals surface area (Å²) in [6.45, 7) is 3.77. The molecule has 0 aliphatic rings. The van der Waals surface area contributed by atoms with Gasteiger partial charge < -0.3 is 18.9 Å². The molecular weight excluding hydrogens is 557 g/mol. The smallest absolute Gasteiger partial charge is 0.462 e. The molecule has 0 heterocycles. The summed E-state index contributed by atoms with van der Waals surface area (Å²) in [5.74, 6) is -0.910. The Hall–Kier alpha value is -1.51. The molecule has 0 bridgehead atoms. The Kier molecular flexibility index (Phi) is 25.0. The van der Waals surface area contributed by atoms with E-state index >= 15 is 0 Å². The molecule has 0 aliphatic heterocycles. The minimum absolute atomic E-state index is 0.0285. The number of likely N-dealkylation sites (N-methyl/N-ethyl adjacent to an activating group) is 1. The highest BCUT2D eigenvalue weighted by atomic mass is 31.2. The van der Waals surface area contributed by atoms with E-state index in [4.69, 9.17) is 18.5 Å². The normalized spacial score (nSPS) is 14.3. The zero-order valence-electron chi connectivity index (χ0n) is 27.2. The van der Waals surface area contributed by atoms with E-state index in [9.17, 15) is 19.0 Å². The third-order valence-corrected chi connectivity index (χ3v) is 7.52. The molecule has 0 saturated carbocycles. The molecule has 2 unspecified atom stereocenters. The van der Waals surface area contributed by atoms with Crippen LogP contribution in [0.15, 0.2) is 24.3 Å². The van der Waals surface area contributed by atoms with Gasteiger partial charge in [-0.1, -0.05) is 89.5 Å². The lowest BCUT2D eigenvalue weighted by Crippen LogP contribution is -2.37. The molecule has 0 saturated heterocycles. The van der Waals surface area contributed by atoms with Crippen molar-refractivity contribution in [3.8, 4) is 0 Å². The maximum Gasteiger partial charge on any atom is 0.472 e. The summed E-state index contributed by atoms with van der Waals surface area (Å²) in [5, 5.41) is 0. The molecule has 0 aromatic heterocycles. The molecule has 246 valence electrons. The van der Waals surface area contributed by atoms with E-state index in [2.05, 4.69) is 31.2 Å². The van der Waals surface area contributed by atoms with Crippen LogP contribution >= 0.6 is 7.82 Å². The summed E-state index contributed by atoms with van der Waals surface area (Å²) in [5.41, 5.74) is 0. The average Bonchev–Trinajstić information content (AvgIpc) is 2.92. The van der Waals surface area contributed by atoms with Crippen LogP contribution in [0, 0.1) is 0 Å². The number of carbonyl (C=O) groups excluding carboxylic acids is 2. The summed E-state index contributed by atoms with van der Waals surface area (Å²) in [6, 6.07) is 0. The van der Waals surface area contributed by atoms with Crippen molar-refractivity contribution in [1.82, 2.24) is 0 Å². The van der Waals surface area contributed by atoms with Crippen molar-refractivity contribution in [1.29, 1.82) is 0 Å². The molecule has 0 rings (SSSR count). The Labute approximate surface area is 256 Å². The molecule has 2 atom stereocenters. The number of nitrogens with zero attached hydrogens (tertiary/aromatic N) is 1. The van der Waals surface area contributed by atoms with Crippen molar-refractivity contribution >= 4 is 19.8 Å². The minimum atomic E-state index is -4.34. The van der Waals surface area contributed by atoms with E-state index < -0.39 is 32.5 Å². The standard InChI is InChI=1S/C32H60NO8P/c1-6-8-9-10-11-12-13-14-15-16-17-18-19-20-21-22-23-24-25-32(35)41-30(28-38-31(34)7-2)29-40-42(36,37)39-27-26-33(3,4)5/h12-13,15-16,30H,6-11,14,17-29H2,1-5H3/p+1/b13-12-,16-15-. The van der Waals surface area contributed by atoms with Crippen LogP contribution < -0.4 is 0 Å². The number of hydrogen-bond acceptors (Lipinski definition) is 7. The molecule has 0 aromatic carbocycles. The molecule has 0 aromatic rings. The molecule has 0 aliphatic carbocycles. The number of carbonyl (C=O) groups is 2. The highest BCUT2D eigenvalue weighted by Gasteiger charge is 2.26. The Morgan fingerprint density at radius 1 is 0.762 bits per heavy atom. The molecule has 9 nitrogen and oxygen atoms in total. The van der Waals surface area contributed by atoms with Crippen molar-refractivity contribution in [2.24, 2.45) is 0 Å². The summed E-state index contributed by atoms with van der Waals surface area (Å²) >= 11 is 0. The van der Waals surface area contributed by atoms with Crippen LogP contribution in [0.5, 0.6) is 0 Å². The van der Waals surface area contributed by atoms with E-state index in [1.807, 2.05) is 21.1 Å². The maximum atomic E-state index is 12.4. The lowest BCUT2D eigenvalue weighted by Gasteiger charge is -2.24. The number of esters is 2. The fourth-order valence-electron chi connectivity index (χ4n) is 3.90. The first-order valence-electron chi connectivity index (χ1n) is 16.1. The van der Waals surface area contributed by atoms with Gasteiger partial charge in [-0.2, -0.15) is 0 Å². The number of phosphoric ester groups is 1. The van der Waals surface area contributed by atoms with Gasteiger partial charge in [-0.25, -0.2) is 4.57 Å². The van der Waals surface area contributed by atoms with Crippen LogP contribution in [-0.4, -0.2) is 74.9 Å². The van der Waals surface area contributed by atoms with Crippen LogP contribution in [0.25, 0.3) is 0 Å². The number of unbranched alkanes of at least 4 members (excludes halogenated alkanes) is 11. The highest BCUT2D eigenvalue weighted by molar-refractivity contribution is 7.47. The lowest BCUT2D eigenvalue weighted by molar-refractivity contribution is -0.870. The minimum Gasteiger partial charge on any atom is -0.462 e. The fraction of sp³-hybridized carbons (Fsp3) is 0.812. The van der Waals surface area contributed by atoms with Gasteiger partial charge >= 0.3 is 19.8 Å². The Morgan fingerprint density at radius 2 is 1.33 bits per heavy atom. The number of rotatable bonds is 28. The van der Waals surface area contributed by atoms with Gasteiger partial charge in [0.05, 0.1) is 27.7 Å². The Bertz CT molecular complexity index is 794. The Morgan fingerprint density at radius 3 is 1.90 bits per heavy atom. The second-order valence-electron chi connectivity index (χ2n) is 11.8. The monoisotopic (exact) mass is 618 g/mol. The van der Waals surface area contributed by atoms with Gasteiger partial charge in [-0.05, 0) is 38.5 Å². The average molecular weight is 619 g/mol. The molecule has 0 amide bonds. The molecule has 10 heteroatoms. The van der Waals surface area contributed by atoms with Gasteiger partial charge in [0.1, 0.15) is 19.8 Å². The first-order chi connectivity index (χ1) is 20.0. The van der Waals surface area contributed by atoms with Gasteiger partial charge in [-0.3, -0.25) is 18.6 Å². The third-order valence-electron chi connectivity index (χ3n) is 6.54. The number of allylic oxidation sites excluding steroid dienone is 4. The number of phosphoric acid groups is 1. The largest absolute Gasteiger partial charge is 0.472 e. The van der Waals surface area contributed by atoms with Crippen molar-refractivity contribution in [2.75, 3.05) is 47.5 Å². The van der Waals surface area contributed by atoms with Crippen LogP contribution in [-0.2, 0) is 32.7 Å². The van der Waals surface area contributed by atoms with Crippen LogP contribution in [0.3, 0.4) is 0 Å². The van der Waals surface area contributed by atoms with E-state index in [1.165, 1.54) is 51.4 Å². The van der Waals surface area contributed by atoms with Crippen LogP contribution in [0.4, 0.5) is 0 Å². The van der Waals surface area contributed by atoms with E-state index in [-0.39, 0.29) is 26.1 Å². The first-order valence-corrected chi connectivity index (χ1v) is 17.6. The third kappa shape index (κ3) is 28.6. The predicted molar refractivity (Wildman–Crippen MR) is 169 cm³/mol. The van der Waals surface area contributed by atoms with Crippen molar-refractivity contribution in [3.63, 3.8) is 0 Å². The van der Waals surface area contributed by atoms with Crippen molar-refractivity contribution in [2.45, 2.75) is 123 Å². The summed E-state index contributed by atoms with van der Waals surface area (Å²) in [6.07, 6.45) is 24.6. The maximum absolute atomic E-state index is 12.4. The summed E-state index contributed by atoms with van der Waals surface area (Å²) < 4.78 is 33.2. The van der Waals surface area contributed by atoms with Crippen molar-refractivity contribution < 1.29 is 42.1 Å². The quantitative estimate of drug-likeness (QED) is 0.0313. The second-order valence-corrected chi connectivity index (χ2v) is 13.3. The van der Waals surface area contributed by atoms with Gasteiger partial charge in [-0.15, -0.1) is 0 Å². The zero-order valence-corrected chi connectivity index (χ0v) is 28.1. The van der Waals surface area contributed by atoms with Gasteiger partial charge in [0, 0.05) is 12.8 Å². The molecular formula is C32H61NO8P+. The predicted octanol–water partition coefficient (Wildman–Crippen LogP) is 7.68. The number of hydrogen-bond donors (Lipinski definition) is 1. The van der Waals surface area contributed by atoms with Gasteiger partial charge in [0.2, 0.25) is 0 Å². The molecule has 0 spiro atoms. The van der Waals surface area contributed by atoms with Crippen LogP contribution in [0.2, 0.25) is 0 Å².